The topological polar surface area (TPSA) is 56.7 Å². The fraction of sp³-hybridized carbons (Fsp3) is 0. The number of fused-ring (bicyclic) bond motifs is 6. The first-order valence-electron chi connectivity index (χ1n) is 17.7. The van der Waals surface area contributed by atoms with Gasteiger partial charge in [0, 0.05) is 32.8 Å². The maximum Gasteiger partial charge on any atom is 0.164 e. The summed E-state index contributed by atoms with van der Waals surface area (Å²) in [5.41, 5.74) is 9.64. The van der Waals surface area contributed by atoms with Gasteiger partial charge in [-0.05, 0) is 53.6 Å². The monoisotopic (exact) mass is 690 g/mol. The van der Waals surface area contributed by atoms with E-state index in [1.165, 1.54) is 10.8 Å². The molecule has 0 atom stereocenters. The molecular weight excluding hydrogens is 667 g/mol. The smallest absolute Gasteiger partial charge is 0.164 e. The molecule has 10 radical (unpaired) electrons. The van der Waals surface area contributed by atoms with Crippen LogP contribution >= 0.6 is 0 Å². The molecule has 0 aliphatic heterocycles. The van der Waals surface area contributed by atoms with Crippen LogP contribution in [0.15, 0.2) is 144 Å². The molecule has 7 aromatic carbocycles. The number of nitrogens with zero attached hydrogens (tertiary/aromatic N) is 4. The molecule has 10 rings (SSSR count). The lowest BCUT2D eigenvalue weighted by atomic mass is 9.59. The van der Waals surface area contributed by atoms with E-state index in [0.29, 0.717) is 23.0 Å². The Morgan fingerprint density at radius 3 is 1.55 bits per heavy atom. The Balaban J connectivity index is 1.14. The number of hydrogen-bond acceptors (Lipinski definition) is 4. The summed E-state index contributed by atoms with van der Waals surface area (Å²) in [6.07, 6.45) is 0. The van der Waals surface area contributed by atoms with Gasteiger partial charge in [0.15, 0.2) is 17.5 Å². The third kappa shape index (κ3) is 5.27. The zero-order chi connectivity index (χ0) is 37.4. The second kappa shape index (κ2) is 12.8. The van der Waals surface area contributed by atoms with Gasteiger partial charge >= 0.3 is 0 Å². The third-order valence-corrected chi connectivity index (χ3v) is 10.4. The van der Waals surface area contributed by atoms with Crippen LogP contribution < -0.4 is 27.3 Å². The first-order valence-corrected chi connectivity index (χ1v) is 17.7. The van der Waals surface area contributed by atoms with Gasteiger partial charge in [-0.2, -0.15) is 0 Å². The van der Waals surface area contributed by atoms with Crippen molar-refractivity contribution in [2.75, 3.05) is 0 Å². The van der Waals surface area contributed by atoms with Crippen molar-refractivity contribution >= 4 is 110 Å². The zero-order valence-corrected chi connectivity index (χ0v) is 29.4. The quantitative estimate of drug-likeness (QED) is 0.224. The number of para-hydroxylation sites is 2. The molecule has 0 spiro atoms. The van der Waals surface area contributed by atoms with Crippen molar-refractivity contribution in [1.29, 1.82) is 0 Å². The molecule has 0 N–H and O–H groups in total. The number of rotatable bonds is 5. The van der Waals surface area contributed by atoms with E-state index in [2.05, 4.69) is 65.2 Å². The normalized spacial score (nSPS) is 11.6. The number of hydrogen-bond donors (Lipinski definition) is 0. The van der Waals surface area contributed by atoms with Crippen LogP contribution in [0.3, 0.4) is 0 Å². The molecule has 3 aromatic heterocycles. The molecule has 0 saturated heterocycles. The minimum Gasteiger partial charge on any atom is -0.456 e. The Hall–Kier alpha value is -6.53. The third-order valence-electron chi connectivity index (χ3n) is 10.4. The molecule has 0 bridgehead atoms. The average Bonchev–Trinajstić information content (AvgIpc) is 3.78. The predicted molar refractivity (Wildman–Crippen MR) is 230 cm³/mol. The Bertz CT molecular complexity index is 3070. The van der Waals surface area contributed by atoms with Gasteiger partial charge in [0.2, 0.25) is 0 Å². The molecule has 0 unspecified atom stereocenters. The van der Waals surface area contributed by atoms with E-state index in [9.17, 15) is 0 Å². The van der Waals surface area contributed by atoms with E-state index in [-0.39, 0.29) is 27.3 Å². The highest BCUT2D eigenvalue weighted by atomic mass is 16.3. The van der Waals surface area contributed by atoms with Crippen LogP contribution in [0.5, 0.6) is 0 Å². The van der Waals surface area contributed by atoms with Gasteiger partial charge in [-0.15, -0.1) is 16.4 Å². The van der Waals surface area contributed by atoms with Crippen molar-refractivity contribution in [2.24, 2.45) is 0 Å². The second-order valence-corrected chi connectivity index (χ2v) is 13.5. The molecule has 10 aromatic rings. The van der Waals surface area contributed by atoms with Crippen molar-refractivity contribution in [3.05, 3.63) is 140 Å². The Morgan fingerprint density at radius 2 is 0.909 bits per heavy atom. The predicted octanol–water partition coefficient (Wildman–Crippen LogP) is 5.51. The highest BCUT2D eigenvalue weighted by Gasteiger charge is 2.20. The maximum atomic E-state index is 6.47. The van der Waals surface area contributed by atoms with Crippen molar-refractivity contribution in [1.82, 2.24) is 19.5 Å². The van der Waals surface area contributed by atoms with Crippen molar-refractivity contribution < 1.29 is 4.42 Å². The average molecular weight is 690 g/mol. The summed E-state index contributed by atoms with van der Waals surface area (Å²) in [6, 6.07) is 46.7. The van der Waals surface area contributed by atoms with Crippen LogP contribution in [0.25, 0.3) is 94.7 Å². The largest absolute Gasteiger partial charge is 0.456 e. The zero-order valence-electron chi connectivity index (χ0n) is 29.4. The second-order valence-electron chi connectivity index (χ2n) is 13.5. The van der Waals surface area contributed by atoms with Gasteiger partial charge in [0.05, 0.1) is 22.1 Å². The van der Waals surface area contributed by atoms with Gasteiger partial charge in [-0.1, -0.05) is 108 Å². The number of benzene rings is 7. The molecular formula is C45H23B5N4O. The van der Waals surface area contributed by atoms with Crippen LogP contribution in [0.2, 0.25) is 0 Å². The summed E-state index contributed by atoms with van der Waals surface area (Å²) in [6.45, 7) is 0. The summed E-state index contributed by atoms with van der Waals surface area (Å²) >= 11 is 0. The summed E-state index contributed by atoms with van der Waals surface area (Å²) in [5.74, 6) is 1.56. The van der Waals surface area contributed by atoms with Crippen LogP contribution in [0.1, 0.15) is 0 Å². The molecule has 0 aliphatic carbocycles. The molecule has 10 heteroatoms. The standard InChI is InChI=1S/C45H23B5N4O/c46-38-36(39(47)41(49)42(50)40(38)48)24-17-19-26(20-18-24)44-51-43(25-9-2-1-3-10-25)52-45(53-44)27-21-22-34-30(23-27)37-33(15-8-16-35(37)55-34)54-31-13-6-4-11-28(31)29-12-5-7-14-32(29)54/h1-23H. The molecule has 0 amide bonds. The highest BCUT2D eigenvalue weighted by Crippen LogP contribution is 2.39. The molecule has 0 saturated carbocycles. The van der Waals surface area contributed by atoms with Gasteiger partial charge in [-0.3, -0.25) is 0 Å². The van der Waals surface area contributed by atoms with Crippen LogP contribution in [0, 0.1) is 0 Å². The summed E-state index contributed by atoms with van der Waals surface area (Å²) in [4.78, 5) is 15.0. The molecule has 0 aliphatic rings. The fourth-order valence-corrected chi connectivity index (χ4v) is 7.61. The molecule has 0 fully saturated rings. The van der Waals surface area contributed by atoms with Crippen LogP contribution in [0.4, 0.5) is 0 Å². The molecule has 3 heterocycles. The first kappa shape index (κ1) is 33.1. The van der Waals surface area contributed by atoms with Crippen molar-refractivity contribution in [3.63, 3.8) is 0 Å². The summed E-state index contributed by atoms with van der Waals surface area (Å²) in [5, 5.41) is 4.34. The van der Waals surface area contributed by atoms with Crippen molar-refractivity contribution in [2.45, 2.75) is 0 Å². The van der Waals surface area contributed by atoms with Crippen LogP contribution in [-0.2, 0) is 0 Å². The lowest BCUT2D eigenvalue weighted by molar-refractivity contribution is 0.669. The SMILES string of the molecule is [B]c1c([B])c([B])c(-c2ccc(-c3nc(-c4ccccc4)nc(-c4ccc5oc6cccc(-n7c8ccccc8c8ccccc87)c6c5c4)n3)cc2)c([B])c1[B]. The molecule has 5 nitrogen and oxygen atoms in total. The summed E-state index contributed by atoms with van der Waals surface area (Å²) in [7, 11) is 31.1. The van der Waals surface area contributed by atoms with Gasteiger partial charge in [0.1, 0.15) is 50.4 Å². The Kier molecular flexibility index (Phi) is 7.70. The van der Waals surface area contributed by atoms with Gasteiger partial charge in [0.25, 0.3) is 0 Å². The highest BCUT2D eigenvalue weighted by molar-refractivity contribution is 6.68. The minimum absolute atomic E-state index is 0.172. The lowest BCUT2D eigenvalue weighted by Gasteiger charge is -2.21. The van der Waals surface area contributed by atoms with E-state index in [1.807, 2.05) is 78.9 Å². The number of furan rings is 1. The van der Waals surface area contributed by atoms with Crippen LogP contribution in [-0.4, -0.2) is 58.8 Å². The van der Waals surface area contributed by atoms with E-state index >= 15 is 0 Å². The van der Waals surface area contributed by atoms with Crippen molar-refractivity contribution in [3.8, 4) is 51.0 Å². The Morgan fingerprint density at radius 1 is 0.400 bits per heavy atom. The first-order chi connectivity index (χ1) is 26.9. The Labute approximate surface area is 323 Å². The fourth-order valence-electron chi connectivity index (χ4n) is 7.61. The van der Waals surface area contributed by atoms with E-state index in [0.717, 1.165) is 60.9 Å². The van der Waals surface area contributed by atoms with Gasteiger partial charge in [-0.25, -0.2) is 15.0 Å². The molecule has 244 valence electrons. The maximum absolute atomic E-state index is 6.47. The molecule has 55 heavy (non-hydrogen) atoms. The minimum atomic E-state index is 0.172. The summed E-state index contributed by atoms with van der Waals surface area (Å²) < 4.78 is 8.79. The van der Waals surface area contributed by atoms with E-state index < -0.39 is 0 Å². The van der Waals surface area contributed by atoms with E-state index in [1.54, 1.807) is 0 Å². The lowest BCUT2D eigenvalue weighted by Crippen LogP contribution is -2.55. The van der Waals surface area contributed by atoms with E-state index in [4.69, 9.17) is 58.6 Å². The van der Waals surface area contributed by atoms with Gasteiger partial charge < -0.3 is 8.98 Å². The number of aromatic nitrogens is 4.